The van der Waals surface area contributed by atoms with Gasteiger partial charge in [0.25, 0.3) is 0 Å². The van der Waals surface area contributed by atoms with Crippen LogP contribution in [-0.4, -0.2) is 21.2 Å². The Morgan fingerprint density at radius 3 is 3.00 bits per heavy atom. The normalized spacial score (nSPS) is 12.1. The van der Waals surface area contributed by atoms with E-state index in [0.717, 1.165) is 12.0 Å². The molecule has 1 rings (SSSR count). The maximum Gasteiger partial charge on any atom is 0.149 e. The van der Waals surface area contributed by atoms with Crippen LogP contribution in [0.1, 0.15) is 25.8 Å². The van der Waals surface area contributed by atoms with Gasteiger partial charge in [-0.05, 0) is 19.4 Å². The van der Waals surface area contributed by atoms with Crippen molar-refractivity contribution in [3.63, 3.8) is 0 Å². The lowest BCUT2D eigenvalue weighted by Gasteiger charge is -2.11. The standard InChI is InChI=1S/C9H14N4S/c1-3-6(2)12-8-4-7(9(10)14)5-11-13-8/h4-6H,3H2,1-2H3,(H2,10,14)(H,12,13). The smallest absolute Gasteiger partial charge is 0.149 e. The molecule has 14 heavy (non-hydrogen) atoms. The molecule has 1 unspecified atom stereocenters. The minimum absolute atomic E-state index is 0.340. The molecular formula is C9H14N4S. The minimum atomic E-state index is 0.340. The highest BCUT2D eigenvalue weighted by molar-refractivity contribution is 7.80. The zero-order valence-electron chi connectivity index (χ0n) is 8.32. The molecule has 5 heteroatoms. The summed E-state index contributed by atoms with van der Waals surface area (Å²) in [6, 6.07) is 2.17. The molecular weight excluding hydrogens is 196 g/mol. The Kier molecular flexibility index (Phi) is 3.76. The highest BCUT2D eigenvalue weighted by Crippen LogP contribution is 2.07. The third-order valence-corrected chi connectivity index (χ3v) is 2.18. The molecule has 4 nitrogen and oxygen atoms in total. The fourth-order valence-electron chi connectivity index (χ4n) is 0.926. The van der Waals surface area contributed by atoms with E-state index in [1.54, 1.807) is 6.20 Å². The molecule has 0 aromatic carbocycles. The largest absolute Gasteiger partial charge is 0.389 e. The van der Waals surface area contributed by atoms with Crippen LogP contribution in [0.25, 0.3) is 0 Å². The highest BCUT2D eigenvalue weighted by atomic mass is 32.1. The average molecular weight is 210 g/mol. The molecule has 3 N–H and O–H groups in total. The summed E-state index contributed by atoms with van der Waals surface area (Å²) in [5.41, 5.74) is 6.22. The van der Waals surface area contributed by atoms with Gasteiger partial charge in [-0.2, -0.15) is 5.10 Å². The summed E-state index contributed by atoms with van der Waals surface area (Å²) in [5.74, 6) is 0.713. The number of anilines is 1. The predicted molar refractivity (Wildman–Crippen MR) is 61.3 cm³/mol. The monoisotopic (exact) mass is 210 g/mol. The van der Waals surface area contributed by atoms with E-state index in [2.05, 4.69) is 29.4 Å². The Balaban J connectivity index is 2.78. The van der Waals surface area contributed by atoms with Gasteiger partial charge >= 0.3 is 0 Å². The van der Waals surface area contributed by atoms with Gasteiger partial charge in [0.2, 0.25) is 0 Å². The molecule has 0 aliphatic carbocycles. The molecule has 1 atom stereocenters. The van der Waals surface area contributed by atoms with Gasteiger partial charge in [-0.3, -0.25) is 0 Å². The van der Waals surface area contributed by atoms with Gasteiger partial charge in [0.05, 0.1) is 6.20 Å². The lowest BCUT2D eigenvalue weighted by molar-refractivity contribution is 0.754. The van der Waals surface area contributed by atoms with E-state index in [-0.39, 0.29) is 0 Å². The SMILES string of the molecule is CCC(C)Nc1cc(C(N)=S)cnn1. The lowest BCUT2D eigenvalue weighted by Crippen LogP contribution is -2.16. The van der Waals surface area contributed by atoms with Crippen molar-refractivity contribution in [3.8, 4) is 0 Å². The van der Waals surface area contributed by atoms with Gasteiger partial charge < -0.3 is 11.1 Å². The van der Waals surface area contributed by atoms with Crippen molar-refractivity contribution in [3.05, 3.63) is 17.8 Å². The zero-order chi connectivity index (χ0) is 10.6. The van der Waals surface area contributed by atoms with Gasteiger partial charge in [-0.15, -0.1) is 5.10 Å². The highest BCUT2D eigenvalue weighted by Gasteiger charge is 2.03. The van der Waals surface area contributed by atoms with Gasteiger partial charge in [0, 0.05) is 11.6 Å². The summed E-state index contributed by atoms with van der Waals surface area (Å²) in [4.78, 5) is 0.340. The van der Waals surface area contributed by atoms with Gasteiger partial charge in [-0.1, -0.05) is 19.1 Å². The second-order valence-corrected chi connectivity index (χ2v) is 3.59. The first-order chi connectivity index (χ1) is 6.63. The summed E-state index contributed by atoms with van der Waals surface area (Å²) in [7, 11) is 0. The number of hydrogen-bond acceptors (Lipinski definition) is 4. The van der Waals surface area contributed by atoms with Crippen molar-refractivity contribution in [1.82, 2.24) is 10.2 Å². The van der Waals surface area contributed by atoms with Crippen LogP contribution in [0.5, 0.6) is 0 Å². The van der Waals surface area contributed by atoms with Crippen molar-refractivity contribution in [2.24, 2.45) is 5.73 Å². The van der Waals surface area contributed by atoms with E-state index >= 15 is 0 Å². The fourth-order valence-corrected chi connectivity index (χ4v) is 1.04. The summed E-state index contributed by atoms with van der Waals surface area (Å²) in [6.07, 6.45) is 2.59. The number of thiocarbonyl (C=S) groups is 1. The third-order valence-electron chi connectivity index (χ3n) is 1.95. The maximum atomic E-state index is 5.48. The number of hydrogen-bond donors (Lipinski definition) is 2. The van der Waals surface area contributed by atoms with Gasteiger partial charge in [-0.25, -0.2) is 0 Å². The van der Waals surface area contributed by atoms with Crippen molar-refractivity contribution < 1.29 is 0 Å². The Hall–Kier alpha value is -1.23. The molecule has 0 bridgehead atoms. The van der Waals surface area contributed by atoms with E-state index in [0.29, 0.717) is 16.8 Å². The Morgan fingerprint density at radius 1 is 1.71 bits per heavy atom. The molecule has 1 heterocycles. The molecule has 0 amide bonds. The van der Waals surface area contributed by atoms with E-state index < -0.39 is 0 Å². The molecule has 1 aromatic rings. The zero-order valence-corrected chi connectivity index (χ0v) is 9.14. The number of nitrogens with zero attached hydrogens (tertiary/aromatic N) is 2. The van der Waals surface area contributed by atoms with Crippen LogP contribution in [0, 0.1) is 0 Å². The molecule has 1 aromatic heterocycles. The van der Waals surface area contributed by atoms with Crippen LogP contribution in [0.3, 0.4) is 0 Å². The number of nitrogens with one attached hydrogen (secondary N) is 1. The number of rotatable bonds is 4. The maximum absolute atomic E-state index is 5.48. The molecule has 0 aliphatic heterocycles. The van der Waals surface area contributed by atoms with Crippen LogP contribution in [0.4, 0.5) is 5.82 Å². The molecule has 0 saturated carbocycles. The second-order valence-electron chi connectivity index (χ2n) is 3.15. The van der Waals surface area contributed by atoms with E-state index in [1.807, 2.05) is 6.07 Å². The van der Waals surface area contributed by atoms with Gasteiger partial charge in [0.15, 0.2) is 0 Å². The number of nitrogens with two attached hydrogens (primary N) is 1. The molecule has 0 saturated heterocycles. The van der Waals surface area contributed by atoms with Crippen molar-refractivity contribution in [1.29, 1.82) is 0 Å². The average Bonchev–Trinajstić information content (AvgIpc) is 2.18. The topological polar surface area (TPSA) is 63.8 Å². The first-order valence-electron chi connectivity index (χ1n) is 4.52. The molecule has 0 aliphatic rings. The molecule has 76 valence electrons. The Labute approximate surface area is 88.9 Å². The number of aromatic nitrogens is 2. The van der Waals surface area contributed by atoms with Crippen molar-refractivity contribution in [2.75, 3.05) is 5.32 Å². The Morgan fingerprint density at radius 2 is 2.43 bits per heavy atom. The first-order valence-corrected chi connectivity index (χ1v) is 4.93. The molecule has 0 spiro atoms. The van der Waals surface area contributed by atoms with Crippen LogP contribution in [0.15, 0.2) is 12.3 Å². The van der Waals surface area contributed by atoms with Crippen LogP contribution in [0.2, 0.25) is 0 Å². The quantitative estimate of drug-likeness (QED) is 0.734. The third kappa shape index (κ3) is 2.92. The van der Waals surface area contributed by atoms with Crippen molar-refractivity contribution >= 4 is 23.0 Å². The second kappa shape index (κ2) is 4.85. The predicted octanol–water partition coefficient (Wildman–Crippen LogP) is 1.32. The summed E-state index contributed by atoms with van der Waals surface area (Å²) >= 11 is 4.85. The fraction of sp³-hybridized carbons (Fsp3) is 0.444. The minimum Gasteiger partial charge on any atom is -0.389 e. The summed E-state index contributed by atoms with van der Waals surface area (Å²) < 4.78 is 0. The first kappa shape index (κ1) is 10.8. The van der Waals surface area contributed by atoms with Crippen LogP contribution >= 0.6 is 12.2 Å². The lowest BCUT2D eigenvalue weighted by atomic mass is 10.2. The van der Waals surface area contributed by atoms with E-state index in [1.165, 1.54) is 0 Å². The molecule has 0 radical (unpaired) electrons. The van der Waals surface area contributed by atoms with E-state index in [9.17, 15) is 0 Å². The molecule has 0 fully saturated rings. The van der Waals surface area contributed by atoms with E-state index in [4.69, 9.17) is 18.0 Å². The van der Waals surface area contributed by atoms with Crippen LogP contribution < -0.4 is 11.1 Å². The Bertz CT molecular complexity index is 326. The van der Waals surface area contributed by atoms with Crippen LogP contribution in [-0.2, 0) is 0 Å². The van der Waals surface area contributed by atoms with Gasteiger partial charge in [0.1, 0.15) is 10.8 Å². The summed E-state index contributed by atoms with van der Waals surface area (Å²) in [5, 5.41) is 10.9. The summed E-state index contributed by atoms with van der Waals surface area (Å²) in [6.45, 7) is 4.18. The van der Waals surface area contributed by atoms with Crippen molar-refractivity contribution in [2.45, 2.75) is 26.3 Å².